The van der Waals surface area contributed by atoms with Crippen molar-refractivity contribution < 1.29 is 18.7 Å². The molecule has 7 heteroatoms. The maximum atomic E-state index is 14.6. The van der Waals surface area contributed by atoms with Gasteiger partial charge < -0.3 is 15.4 Å². The number of carbonyl (C=O) groups is 2. The fourth-order valence-corrected chi connectivity index (χ4v) is 3.95. The summed E-state index contributed by atoms with van der Waals surface area (Å²) < 4.78 is 20.3. The van der Waals surface area contributed by atoms with Gasteiger partial charge in [-0.25, -0.2) is 9.37 Å². The Morgan fingerprint density at radius 3 is 2.74 bits per heavy atom. The van der Waals surface area contributed by atoms with Crippen LogP contribution in [0.2, 0.25) is 0 Å². The van der Waals surface area contributed by atoms with Crippen molar-refractivity contribution in [1.82, 2.24) is 9.88 Å². The van der Waals surface area contributed by atoms with E-state index in [1.54, 1.807) is 47.5 Å². The first-order valence-electron chi connectivity index (χ1n) is 10.4. The predicted molar refractivity (Wildman–Crippen MR) is 114 cm³/mol. The van der Waals surface area contributed by atoms with Crippen LogP contribution in [0.15, 0.2) is 60.3 Å². The molecular weight excluding hydrogens is 397 g/mol. The molecule has 4 rings (SSSR count). The minimum absolute atomic E-state index is 0.113. The van der Waals surface area contributed by atoms with Crippen molar-refractivity contribution in [2.75, 3.05) is 0 Å². The van der Waals surface area contributed by atoms with Crippen LogP contribution in [-0.2, 0) is 13.1 Å². The highest BCUT2D eigenvalue weighted by Gasteiger charge is 2.32. The van der Waals surface area contributed by atoms with Crippen LogP contribution in [0.5, 0.6) is 5.88 Å². The van der Waals surface area contributed by atoms with Crippen LogP contribution in [0.4, 0.5) is 4.39 Å². The number of hydrogen-bond donors (Lipinski definition) is 1. The van der Waals surface area contributed by atoms with Gasteiger partial charge in [0.1, 0.15) is 11.4 Å². The van der Waals surface area contributed by atoms with Gasteiger partial charge in [0.15, 0.2) is 5.76 Å². The van der Waals surface area contributed by atoms with Gasteiger partial charge in [-0.1, -0.05) is 31.6 Å². The Hall–Kier alpha value is -3.48. The summed E-state index contributed by atoms with van der Waals surface area (Å²) in [5.41, 5.74) is 7.70. The largest absolute Gasteiger partial charge is 0.435 e. The van der Waals surface area contributed by atoms with Crippen molar-refractivity contribution in [2.24, 2.45) is 11.7 Å². The number of rotatable bonds is 7. The molecular formula is C24H24FN3O3. The number of carbonyl (C=O) groups excluding carboxylic acids is 2. The summed E-state index contributed by atoms with van der Waals surface area (Å²) in [6, 6.07) is 8.59. The Morgan fingerprint density at radius 2 is 2.06 bits per heavy atom. The number of primary amides is 1. The van der Waals surface area contributed by atoms with Gasteiger partial charge in [0.25, 0.3) is 5.91 Å². The lowest BCUT2D eigenvalue weighted by Gasteiger charge is -2.18. The van der Waals surface area contributed by atoms with E-state index in [1.807, 2.05) is 6.08 Å². The maximum absolute atomic E-state index is 14.6. The second-order valence-electron chi connectivity index (χ2n) is 7.86. The first-order valence-corrected chi connectivity index (χ1v) is 10.4. The normalized spacial score (nSPS) is 17.8. The van der Waals surface area contributed by atoms with Crippen molar-refractivity contribution in [3.63, 3.8) is 0 Å². The number of hydrogen-bond acceptors (Lipinski definition) is 4. The van der Waals surface area contributed by atoms with E-state index in [0.717, 1.165) is 24.0 Å². The second kappa shape index (κ2) is 8.71. The summed E-state index contributed by atoms with van der Waals surface area (Å²) in [7, 11) is 0. The van der Waals surface area contributed by atoms with Crippen LogP contribution >= 0.6 is 0 Å². The molecule has 2 aliphatic rings. The van der Waals surface area contributed by atoms with E-state index in [4.69, 9.17) is 10.5 Å². The summed E-state index contributed by atoms with van der Waals surface area (Å²) in [4.78, 5) is 30.2. The zero-order valence-electron chi connectivity index (χ0n) is 17.3. The van der Waals surface area contributed by atoms with E-state index in [9.17, 15) is 14.0 Å². The molecule has 2 aromatic rings. The first kappa shape index (κ1) is 20.8. The molecule has 0 saturated heterocycles. The minimum atomic E-state index is -0.497. The Bertz CT molecular complexity index is 1080. The number of pyridine rings is 1. The van der Waals surface area contributed by atoms with Crippen molar-refractivity contribution >= 4 is 11.8 Å². The van der Waals surface area contributed by atoms with Crippen molar-refractivity contribution in [1.29, 1.82) is 0 Å². The quantitative estimate of drug-likeness (QED) is 0.723. The third-order valence-electron chi connectivity index (χ3n) is 5.57. The number of benzene rings is 1. The molecule has 160 valence electrons. The average molecular weight is 421 g/mol. The first-order chi connectivity index (χ1) is 15.0. The van der Waals surface area contributed by atoms with Gasteiger partial charge in [-0.2, -0.15) is 0 Å². The van der Waals surface area contributed by atoms with Gasteiger partial charge in [-0.05, 0) is 47.7 Å². The van der Waals surface area contributed by atoms with Crippen LogP contribution in [0, 0.1) is 5.92 Å². The van der Waals surface area contributed by atoms with Gasteiger partial charge in [0.05, 0.1) is 0 Å². The van der Waals surface area contributed by atoms with Crippen molar-refractivity contribution in [3.8, 4) is 5.88 Å². The van der Waals surface area contributed by atoms with Crippen LogP contribution in [0.1, 0.15) is 58.0 Å². The predicted octanol–water partition coefficient (Wildman–Crippen LogP) is 4.27. The number of halogens is 1. The molecule has 0 fully saturated rings. The summed E-state index contributed by atoms with van der Waals surface area (Å²) >= 11 is 0. The molecule has 0 bridgehead atoms. The molecule has 1 aliphatic carbocycles. The van der Waals surface area contributed by atoms with E-state index in [0.29, 0.717) is 30.6 Å². The van der Waals surface area contributed by atoms with Crippen LogP contribution in [0.25, 0.3) is 0 Å². The molecule has 0 radical (unpaired) electrons. The molecule has 6 nitrogen and oxygen atoms in total. The van der Waals surface area contributed by atoms with Gasteiger partial charge in [-0.3, -0.25) is 9.59 Å². The number of nitrogens with zero attached hydrogens (tertiary/aromatic N) is 2. The lowest BCUT2D eigenvalue weighted by atomic mass is 9.95. The highest BCUT2D eigenvalue weighted by atomic mass is 19.1. The van der Waals surface area contributed by atoms with Gasteiger partial charge in [0, 0.05) is 31.3 Å². The molecule has 1 aromatic heterocycles. The fourth-order valence-electron chi connectivity index (χ4n) is 3.95. The number of ether oxygens (including phenoxy) is 1. The molecule has 0 saturated carbocycles. The molecule has 2 amide bonds. The number of allylic oxidation sites excluding steroid dienone is 3. The highest BCUT2D eigenvalue weighted by molar-refractivity contribution is 6.00. The number of aromatic nitrogens is 1. The summed E-state index contributed by atoms with van der Waals surface area (Å²) in [6.45, 7) is 2.84. The Morgan fingerprint density at radius 1 is 1.29 bits per heavy atom. The SMILES string of the molecule is CCCC1C=CC(Oc2nccc3c2C(=O)N(Cc2ccc(C(N)=O)cc2)C3)=C(F)C1. The standard InChI is InChI=1S/C24H24FN3O3/c1-2-3-15-6-9-20(19(25)12-15)31-23-21-18(10-11-27-23)14-28(24(21)30)13-16-4-7-17(8-5-16)22(26)29/h4-11,15H,2-3,12-14H2,1H3,(H2,26,29). The van der Waals surface area contributed by atoms with E-state index in [1.165, 1.54) is 0 Å². The summed E-state index contributed by atoms with van der Waals surface area (Å²) in [5.74, 6) is -0.633. The van der Waals surface area contributed by atoms with Crippen molar-refractivity contribution in [2.45, 2.75) is 39.3 Å². The molecule has 0 spiro atoms. The maximum Gasteiger partial charge on any atom is 0.260 e. The Balaban J connectivity index is 1.51. The lowest BCUT2D eigenvalue weighted by Crippen LogP contribution is -2.23. The highest BCUT2D eigenvalue weighted by Crippen LogP contribution is 2.34. The summed E-state index contributed by atoms with van der Waals surface area (Å²) in [5, 5.41) is 0. The van der Waals surface area contributed by atoms with E-state index in [2.05, 4.69) is 11.9 Å². The van der Waals surface area contributed by atoms with Gasteiger partial charge in [-0.15, -0.1) is 0 Å². The zero-order chi connectivity index (χ0) is 22.0. The molecule has 2 heterocycles. The van der Waals surface area contributed by atoms with Crippen LogP contribution in [-0.4, -0.2) is 21.7 Å². The monoisotopic (exact) mass is 421 g/mol. The topological polar surface area (TPSA) is 85.5 Å². The van der Waals surface area contributed by atoms with Crippen LogP contribution in [0.3, 0.4) is 0 Å². The van der Waals surface area contributed by atoms with Crippen molar-refractivity contribution in [3.05, 3.63) is 82.5 Å². The fraction of sp³-hybridized carbons (Fsp3) is 0.292. The minimum Gasteiger partial charge on any atom is -0.435 e. The molecule has 31 heavy (non-hydrogen) atoms. The molecule has 1 aromatic carbocycles. The third-order valence-corrected chi connectivity index (χ3v) is 5.57. The molecule has 1 unspecified atom stereocenters. The van der Waals surface area contributed by atoms with Gasteiger partial charge in [0.2, 0.25) is 11.8 Å². The van der Waals surface area contributed by atoms with Crippen LogP contribution < -0.4 is 10.5 Å². The lowest BCUT2D eigenvalue weighted by molar-refractivity contribution is 0.0763. The molecule has 2 N–H and O–H groups in total. The van der Waals surface area contributed by atoms with Gasteiger partial charge >= 0.3 is 0 Å². The molecule has 1 aliphatic heterocycles. The van der Waals surface area contributed by atoms with E-state index < -0.39 is 5.91 Å². The van der Waals surface area contributed by atoms with E-state index >= 15 is 0 Å². The number of nitrogens with two attached hydrogens (primary N) is 1. The summed E-state index contributed by atoms with van der Waals surface area (Å²) in [6.07, 6.45) is 7.37. The molecule has 1 atom stereocenters. The number of fused-ring (bicyclic) bond motifs is 1. The zero-order valence-corrected chi connectivity index (χ0v) is 17.3. The average Bonchev–Trinajstić information content (AvgIpc) is 3.07. The third kappa shape index (κ3) is 4.35. The Labute approximate surface area is 180 Å². The second-order valence-corrected chi connectivity index (χ2v) is 7.86. The smallest absolute Gasteiger partial charge is 0.260 e. The Kier molecular flexibility index (Phi) is 5.84. The number of amides is 2. The van der Waals surface area contributed by atoms with E-state index in [-0.39, 0.29) is 29.3 Å².